The Bertz CT molecular complexity index is 301. The third kappa shape index (κ3) is 3.18. The Morgan fingerprint density at radius 2 is 2.20 bits per heavy atom. The Morgan fingerprint density at radius 3 is 2.73 bits per heavy atom. The van der Waals surface area contributed by atoms with Crippen LogP contribution in [0.25, 0.3) is 0 Å². The predicted molar refractivity (Wildman–Crippen MR) is 65.4 cm³/mol. The molecule has 0 saturated heterocycles. The van der Waals surface area contributed by atoms with Crippen molar-refractivity contribution in [2.45, 2.75) is 39.2 Å². The van der Waals surface area contributed by atoms with E-state index in [-0.39, 0.29) is 0 Å². The average Bonchev–Trinajstić information content (AvgIpc) is 2.25. The van der Waals surface area contributed by atoms with Crippen LogP contribution in [0.15, 0.2) is 18.5 Å². The number of pyridine rings is 1. The standard InChI is InChI=1S/C12H19ClN2/c1-4-12(15-5-2)9(3)10-6-7-14-8-11(10)13/h6-9,12,15H,4-5H2,1-3H3. The SMILES string of the molecule is CCNC(CC)C(C)c1ccncc1Cl. The summed E-state index contributed by atoms with van der Waals surface area (Å²) in [6.07, 6.45) is 4.62. The monoisotopic (exact) mass is 226 g/mol. The summed E-state index contributed by atoms with van der Waals surface area (Å²) >= 11 is 6.13. The van der Waals surface area contributed by atoms with E-state index in [0.29, 0.717) is 12.0 Å². The first kappa shape index (κ1) is 12.5. The second-order valence-corrected chi connectivity index (χ2v) is 4.17. The van der Waals surface area contributed by atoms with Crippen molar-refractivity contribution in [3.63, 3.8) is 0 Å². The molecule has 2 atom stereocenters. The van der Waals surface area contributed by atoms with Gasteiger partial charge in [0.25, 0.3) is 0 Å². The van der Waals surface area contributed by atoms with E-state index in [2.05, 4.69) is 31.1 Å². The molecule has 0 aromatic carbocycles. The second kappa shape index (κ2) is 6.09. The highest BCUT2D eigenvalue weighted by molar-refractivity contribution is 6.31. The van der Waals surface area contributed by atoms with Crippen molar-refractivity contribution in [1.82, 2.24) is 10.3 Å². The lowest BCUT2D eigenvalue weighted by atomic mass is 9.92. The number of nitrogens with zero attached hydrogens (tertiary/aromatic N) is 1. The molecule has 0 bridgehead atoms. The van der Waals surface area contributed by atoms with Gasteiger partial charge in [-0.1, -0.05) is 32.4 Å². The molecule has 0 saturated carbocycles. The molecule has 1 aromatic heterocycles. The number of likely N-dealkylation sites (N-methyl/N-ethyl adjacent to an activating group) is 1. The van der Waals surface area contributed by atoms with E-state index in [9.17, 15) is 0 Å². The van der Waals surface area contributed by atoms with Gasteiger partial charge < -0.3 is 5.32 Å². The molecule has 1 heterocycles. The first-order valence-corrected chi connectivity index (χ1v) is 5.91. The van der Waals surface area contributed by atoms with E-state index < -0.39 is 0 Å². The topological polar surface area (TPSA) is 24.9 Å². The van der Waals surface area contributed by atoms with Crippen molar-refractivity contribution in [3.05, 3.63) is 29.0 Å². The van der Waals surface area contributed by atoms with Crippen molar-refractivity contribution in [2.24, 2.45) is 0 Å². The summed E-state index contributed by atoms with van der Waals surface area (Å²) in [4.78, 5) is 4.01. The highest BCUT2D eigenvalue weighted by Crippen LogP contribution is 2.26. The molecule has 0 aliphatic heterocycles. The molecule has 1 aromatic rings. The van der Waals surface area contributed by atoms with Crippen LogP contribution in [0.2, 0.25) is 5.02 Å². The smallest absolute Gasteiger partial charge is 0.0624 e. The number of aromatic nitrogens is 1. The Balaban J connectivity index is 2.82. The van der Waals surface area contributed by atoms with Gasteiger partial charge in [-0.25, -0.2) is 0 Å². The molecule has 0 spiro atoms. The summed E-state index contributed by atoms with van der Waals surface area (Å²) in [6.45, 7) is 7.52. The number of hydrogen-bond acceptors (Lipinski definition) is 2. The zero-order valence-corrected chi connectivity index (χ0v) is 10.4. The maximum Gasteiger partial charge on any atom is 0.0624 e. The molecular formula is C12H19ClN2. The van der Waals surface area contributed by atoms with Crippen LogP contribution in [-0.4, -0.2) is 17.6 Å². The molecule has 2 nitrogen and oxygen atoms in total. The third-order valence-electron chi connectivity index (χ3n) is 2.80. The van der Waals surface area contributed by atoms with E-state index in [1.165, 1.54) is 5.56 Å². The lowest BCUT2D eigenvalue weighted by Gasteiger charge is -2.24. The van der Waals surface area contributed by atoms with Crippen LogP contribution in [0.1, 0.15) is 38.7 Å². The van der Waals surface area contributed by atoms with Crippen LogP contribution in [0.4, 0.5) is 0 Å². The summed E-state index contributed by atoms with van der Waals surface area (Å²) < 4.78 is 0. The normalized spacial score (nSPS) is 14.9. The van der Waals surface area contributed by atoms with Crippen LogP contribution in [0.5, 0.6) is 0 Å². The lowest BCUT2D eigenvalue weighted by molar-refractivity contribution is 0.448. The molecule has 2 unspecified atom stereocenters. The van der Waals surface area contributed by atoms with Crippen molar-refractivity contribution in [3.8, 4) is 0 Å². The molecule has 0 aliphatic carbocycles. The summed E-state index contributed by atoms with van der Waals surface area (Å²) in [5.74, 6) is 0.422. The van der Waals surface area contributed by atoms with Gasteiger partial charge in [-0.15, -0.1) is 0 Å². The van der Waals surface area contributed by atoms with Crippen molar-refractivity contribution >= 4 is 11.6 Å². The molecule has 0 aliphatic rings. The maximum atomic E-state index is 6.13. The summed E-state index contributed by atoms with van der Waals surface area (Å²) in [5.41, 5.74) is 1.18. The molecule has 0 radical (unpaired) electrons. The Hall–Kier alpha value is -0.600. The van der Waals surface area contributed by atoms with Crippen LogP contribution >= 0.6 is 11.6 Å². The molecule has 84 valence electrons. The van der Waals surface area contributed by atoms with Gasteiger partial charge in [0, 0.05) is 18.4 Å². The van der Waals surface area contributed by atoms with Gasteiger partial charge in [0.15, 0.2) is 0 Å². The number of halogens is 1. The molecule has 15 heavy (non-hydrogen) atoms. The lowest BCUT2D eigenvalue weighted by Crippen LogP contribution is -2.33. The van der Waals surface area contributed by atoms with Gasteiger partial charge in [-0.05, 0) is 30.5 Å². The van der Waals surface area contributed by atoms with Crippen LogP contribution in [0, 0.1) is 0 Å². The molecule has 3 heteroatoms. The van der Waals surface area contributed by atoms with Gasteiger partial charge in [-0.3, -0.25) is 4.98 Å². The fraction of sp³-hybridized carbons (Fsp3) is 0.583. The van der Waals surface area contributed by atoms with Gasteiger partial charge >= 0.3 is 0 Å². The largest absolute Gasteiger partial charge is 0.314 e. The fourth-order valence-corrected chi connectivity index (χ4v) is 2.20. The van der Waals surface area contributed by atoms with Crippen LogP contribution < -0.4 is 5.32 Å². The predicted octanol–water partition coefficient (Wildman–Crippen LogP) is 3.23. The molecular weight excluding hydrogens is 208 g/mol. The van der Waals surface area contributed by atoms with E-state index in [4.69, 9.17) is 11.6 Å². The van der Waals surface area contributed by atoms with Gasteiger partial charge in [0.05, 0.1) is 5.02 Å². The van der Waals surface area contributed by atoms with Gasteiger partial charge in [0.2, 0.25) is 0 Å². The number of nitrogens with one attached hydrogen (secondary N) is 1. The van der Waals surface area contributed by atoms with Crippen molar-refractivity contribution < 1.29 is 0 Å². The Kier molecular flexibility index (Phi) is 5.06. The summed E-state index contributed by atoms with van der Waals surface area (Å²) in [5, 5.41) is 4.24. The maximum absolute atomic E-state index is 6.13. The minimum atomic E-state index is 0.422. The van der Waals surface area contributed by atoms with E-state index in [1.807, 2.05) is 6.07 Å². The van der Waals surface area contributed by atoms with E-state index >= 15 is 0 Å². The van der Waals surface area contributed by atoms with Gasteiger partial charge in [0.1, 0.15) is 0 Å². The first-order chi connectivity index (χ1) is 7.20. The third-order valence-corrected chi connectivity index (χ3v) is 3.12. The average molecular weight is 227 g/mol. The van der Waals surface area contributed by atoms with Crippen molar-refractivity contribution in [2.75, 3.05) is 6.54 Å². The van der Waals surface area contributed by atoms with E-state index in [0.717, 1.165) is 18.0 Å². The fourth-order valence-electron chi connectivity index (χ4n) is 1.91. The van der Waals surface area contributed by atoms with Crippen molar-refractivity contribution in [1.29, 1.82) is 0 Å². The Morgan fingerprint density at radius 1 is 1.47 bits per heavy atom. The number of hydrogen-bond donors (Lipinski definition) is 1. The van der Waals surface area contributed by atoms with Crippen LogP contribution in [-0.2, 0) is 0 Å². The minimum absolute atomic E-state index is 0.422. The zero-order chi connectivity index (χ0) is 11.3. The van der Waals surface area contributed by atoms with E-state index in [1.54, 1.807) is 12.4 Å². The molecule has 1 N–H and O–H groups in total. The molecule has 0 fully saturated rings. The zero-order valence-electron chi connectivity index (χ0n) is 9.63. The quantitative estimate of drug-likeness (QED) is 0.834. The highest BCUT2D eigenvalue weighted by atomic mass is 35.5. The highest BCUT2D eigenvalue weighted by Gasteiger charge is 2.18. The van der Waals surface area contributed by atoms with Crippen LogP contribution in [0.3, 0.4) is 0 Å². The number of rotatable bonds is 5. The summed E-state index contributed by atoms with van der Waals surface area (Å²) in [7, 11) is 0. The first-order valence-electron chi connectivity index (χ1n) is 5.53. The molecule has 0 amide bonds. The summed E-state index contributed by atoms with van der Waals surface area (Å²) in [6, 6.07) is 2.49. The Labute approximate surface area is 97.1 Å². The second-order valence-electron chi connectivity index (χ2n) is 3.76. The minimum Gasteiger partial charge on any atom is -0.314 e. The molecule has 1 rings (SSSR count). The van der Waals surface area contributed by atoms with Gasteiger partial charge in [-0.2, -0.15) is 0 Å².